The Morgan fingerprint density at radius 1 is 1.21 bits per heavy atom. The molecule has 0 saturated carbocycles. The number of carbonyl (C=O) groups excluding carboxylic acids is 2. The minimum atomic E-state index is -3.69. The van der Waals surface area contributed by atoms with Crippen LogP contribution in [0.2, 0.25) is 0 Å². The number of unbranched alkanes of at least 4 members (excludes halogenated alkanes) is 1. The van der Waals surface area contributed by atoms with Gasteiger partial charge in [-0.15, -0.1) is 0 Å². The van der Waals surface area contributed by atoms with Crippen molar-refractivity contribution in [1.29, 1.82) is 5.41 Å². The number of nitrogens with one attached hydrogen (secondary N) is 4. The fraction of sp³-hybridized carbons (Fsp3) is 0.471. The van der Waals surface area contributed by atoms with Gasteiger partial charge in [-0.2, -0.15) is 0 Å². The van der Waals surface area contributed by atoms with Gasteiger partial charge in [0.2, 0.25) is 21.8 Å². The smallest absolute Gasteiger partial charge is 0.240 e. The Labute approximate surface area is 164 Å². The number of amidine groups is 1. The number of carbonyl (C=O) groups is 2. The third-order valence-electron chi connectivity index (χ3n) is 3.77. The molecule has 1 aromatic rings. The van der Waals surface area contributed by atoms with Gasteiger partial charge in [0.1, 0.15) is 11.9 Å². The zero-order valence-corrected chi connectivity index (χ0v) is 16.5. The van der Waals surface area contributed by atoms with Gasteiger partial charge in [0.25, 0.3) is 0 Å². The number of rotatable bonds is 12. The maximum atomic E-state index is 12.0. The van der Waals surface area contributed by atoms with Crippen LogP contribution in [0.4, 0.5) is 0 Å². The number of amides is 2. The Morgan fingerprint density at radius 3 is 2.39 bits per heavy atom. The van der Waals surface area contributed by atoms with Crippen LogP contribution in [0.5, 0.6) is 0 Å². The molecule has 0 fully saturated rings. The van der Waals surface area contributed by atoms with E-state index in [0.29, 0.717) is 18.4 Å². The summed E-state index contributed by atoms with van der Waals surface area (Å²) in [4.78, 5) is 23.8. The van der Waals surface area contributed by atoms with Crippen LogP contribution in [0.3, 0.4) is 0 Å². The largest absolute Gasteiger partial charge is 0.394 e. The van der Waals surface area contributed by atoms with E-state index < -0.39 is 34.5 Å². The Kier molecular flexibility index (Phi) is 9.56. The SMILES string of the molecule is CCCCS(=O)(=O)N[C@H](CO)C(=O)NCC(=O)NCc1ccc(C(=N)N)cc1. The molecule has 1 aromatic carbocycles. The molecule has 0 heterocycles. The van der Waals surface area contributed by atoms with Crippen molar-refractivity contribution < 1.29 is 23.1 Å². The highest BCUT2D eigenvalue weighted by atomic mass is 32.2. The van der Waals surface area contributed by atoms with Crippen molar-refractivity contribution in [3.63, 3.8) is 0 Å². The second kappa shape index (κ2) is 11.4. The second-order valence-electron chi connectivity index (χ2n) is 6.13. The molecule has 11 heteroatoms. The minimum absolute atomic E-state index is 0.0537. The summed E-state index contributed by atoms with van der Waals surface area (Å²) in [5.41, 5.74) is 6.71. The fourth-order valence-electron chi connectivity index (χ4n) is 2.14. The predicted molar refractivity (Wildman–Crippen MR) is 105 cm³/mol. The molecule has 0 aliphatic carbocycles. The Morgan fingerprint density at radius 2 is 1.86 bits per heavy atom. The number of sulfonamides is 1. The summed E-state index contributed by atoms with van der Waals surface area (Å²) in [6.07, 6.45) is 1.11. The molecule has 1 rings (SSSR count). The van der Waals surface area contributed by atoms with E-state index in [2.05, 4.69) is 15.4 Å². The molecule has 0 aromatic heterocycles. The Bertz CT molecular complexity index is 780. The quantitative estimate of drug-likeness (QED) is 0.185. The monoisotopic (exact) mass is 413 g/mol. The maximum absolute atomic E-state index is 12.0. The lowest BCUT2D eigenvalue weighted by molar-refractivity contribution is -0.127. The topological polar surface area (TPSA) is 174 Å². The number of nitrogen functional groups attached to an aromatic ring is 1. The van der Waals surface area contributed by atoms with Gasteiger partial charge in [-0.25, -0.2) is 13.1 Å². The zero-order valence-electron chi connectivity index (χ0n) is 15.7. The molecule has 2 amide bonds. The van der Waals surface area contributed by atoms with E-state index in [4.69, 9.17) is 11.1 Å². The summed E-state index contributed by atoms with van der Waals surface area (Å²) in [7, 11) is -3.69. The fourth-order valence-corrected chi connectivity index (χ4v) is 3.54. The lowest BCUT2D eigenvalue weighted by Gasteiger charge is -2.16. The molecule has 28 heavy (non-hydrogen) atoms. The van der Waals surface area contributed by atoms with E-state index in [1.165, 1.54) is 0 Å². The van der Waals surface area contributed by atoms with Crippen LogP contribution in [0.25, 0.3) is 0 Å². The molecule has 0 radical (unpaired) electrons. The number of nitrogens with two attached hydrogens (primary N) is 1. The molecule has 7 N–H and O–H groups in total. The summed E-state index contributed by atoms with van der Waals surface area (Å²) in [5, 5.41) is 21.5. The van der Waals surface area contributed by atoms with Crippen LogP contribution in [0, 0.1) is 5.41 Å². The van der Waals surface area contributed by atoms with Gasteiger partial charge in [0, 0.05) is 12.1 Å². The van der Waals surface area contributed by atoms with Gasteiger partial charge >= 0.3 is 0 Å². The molecular weight excluding hydrogens is 386 g/mol. The van der Waals surface area contributed by atoms with Gasteiger partial charge in [-0.05, 0) is 12.0 Å². The molecule has 0 bridgehead atoms. The van der Waals surface area contributed by atoms with Gasteiger partial charge in [0.15, 0.2) is 0 Å². The first-order valence-electron chi connectivity index (χ1n) is 8.77. The molecule has 0 spiro atoms. The summed E-state index contributed by atoms with van der Waals surface area (Å²) in [5.74, 6) is -1.46. The first-order valence-corrected chi connectivity index (χ1v) is 10.4. The number of aliphatic hydroxyl groups is 1. The molecule has 0 aliphatic heterocycles. The number of hydrogen-bond acceptors (Lipinski definition) is 6. The van der Waals surface area contributed by atoms with Crippen molar-refractivity contribution in [1.82, 2.24) is 15.4 Å². The van der Waals surface area contributed by atoms with E-state index in [-0.39, 0.29) is 24.7 Å². The van der Waals surface area contributed by atoms with Crippen molar-refractivity contribution in [2.75, 3.05) is 18.9 Å². The van der Waals surface area contributed by atoms with E-state index in [1.807, 2.05) is 6.92 Å². The van der Waals surface area contributed by atoms with E-state index in [1.54, 1.807) is 24.3 Å². The average molecular weight is 414 g/mol. The highest BCUT2D eigenvalue weighted by Gasteiger charge is 2.23. The van der Waals surface area contributed by atoms with Crippen molar-refractivity contribution in [2.24, 2.45) is 5.73 Å². The minimum Gasteiger partial charge on any atom is -0.394 e. The highest BCUT2D eigenvalue weighted by molar-refractivity contribution is 7.89. The van der Waals surface area contributed by atoms with E-state index >= 15 is 0 Å². The summed E-state index contributed by atoms with van der Waals surface area (Å²) in [6.45, 7) is 0.959. The Balaban J connectivity index is 2.45. The Hall–Kier alpha value is -2.50. The van der Waals surface area contributed by atoms with E-state index in [0.717, 1.165) is 5.56 Å². The van der Waals surface area contributed by atoms with Gasteiger partial charge < -0.3 is 21.5 Å². The maximum Gasteiger partial charge on any atom is 0.240 e. The number of aliphatic hydroxyl groups excluding tert-OH is 1. The predicted octanol–water partition coefficient (Wildman–Crippen LogP) is -1.22. The van der Waals surface area contributed by atoms with Crippen LogP contribution in [-0.4, -0.2) is 56.1 Å². The van der Waals surface area contributed by atoms with Crippen LogP contribution in [0.1, 0.15) is 30.9 Å². The van der Waals surface area contributed by atoms with Crippen molar-refractivity contribution >= 4 is 27.7 Å². The van der Waals surface area contributed by atoms with Crippen LogP contribution in [-0.2, 0) is 26.2 Å². The molecule has 1 atom stereocenters. The summed E-state index contributed by atoms with van der Waals surface area (Å²) >= 11 is 0. The molecular formula is C17H27N5O5S. The first kappa shape index (κ1) is 23.5. The molecule has 0 aliphatic rings. The van der Waals surface area contributed by atoms with Crippen LogP contribution in [0.15, 0.2) is 24.3 Å². The van der Waals surface area contributed by atoms with Crippen molar-refractivity contribution in [3.8, 4) is 0 Å². The lowest BCUT2D eigenvalue weighted by Crippen LogP contribution is -2.51. The van der Waals surface area contributed by atoms with Crippen molar-refractivity contribution in [3.05, 3.63) is 35.4 Å². The van der Waals surface area contributed by atoms with Crippen molar-refractivity contribution in [2.45, 2.75) is 32.4 Å². The zero-order chi connectivity index (χ0) is 21.2. The van der Waals surface area contributed by atoms with Gasteiger partial charge in [-0.1, -0.05) is 37.6 Å². The number of hydrogen-bond donors (Lipinski definition) is 6. The third kappa shape index (κ3) is 8.46. The second-order valence-corrected chi connectivity index (χ2v) is 8.00. The van der Waals surface area contributed by atoms with Crippen LogP contribution >= 0.6 is 0 Å². The first-order chi connectivity index (χ1) is 13.2. The highest BCUT2D eigenvalue weighted by Crippen LogP contribution is 2.03. The van der Waals surface area contributed by atoms with Gasteiger partial charge in [-0.3, -0.25) is 15.0 Å². The average Bonchev–Trinajstić information content (AvgIpc) is 2.67. The molecule has 0 unspecified atom stereocenters. The van der Waals surface area contributed by atoms with Gasteiger partial charge in [0.05, 0.1) is 18.9 Å². The molecule has 156 valence electrons. The van der Waals surface area contributed by atoms with E-state index in [9.17, 15) is 23.1 Å². The molecule has 0 saturated heterocycles. The normalized spacial score (nSPS) is 12.2. The summed E-state index contributed by atoms with van der Waals surface area (Å²) in [6, 6.07) is 5.38. The third-order valence-corrected chi connectivity index (χ3v) is 5.24. The molecule has 10 nitrogen and oxygen atoms in total. The number of benzene rings is 1. The lowest BCUT2D eigenvalue weighted by atomic mass is 10.1. The standard InChI is InChI=1S/C17H27N5O5S/c1-2-3-8-28(26,27)22-14(11-23)17(25)21-10-15(24)20-9-12-4-6-13(7-5-12)16(18)19/h4-7,14,22-23H,2-3,8-11H2,1H3,(H3,18,19)(H,20,24)(H,21,25)/t14-/m1/s1. The summed E-state index contributed by atoms with van der Waals surface area (Å²) < 4.78 is 25.8. The van der Waals surface area contributed by atoms with Crippen LogP contribution < -0.4 is 21.1 Å².